The lowest BCUT2D eigenvalue weighted by Crippen LogP contribution is -2.27. The topological polar surface area (TPSA) is 72.4 Å². The zero-order valence-electron chi connectivity index (χ0n) is 11.2. The lowest BCUT2D eigenvalue weighted by Gasteiger charge is -2.24. The Hall–Kier alpha value is -1.62. The number of likely N-dealkylation sites (tertiary alicyclic amines) is 1. The van der Waals surface area contributed by atoms with Crippen LogP contribution in [-0.2, 0) is 6.54 Å². The number of nitro benzene ring substituents is 1. The molecule has 0 amide bonds. The number of hydrogen-bond acceptors (Lipinski definition) is 4. The monoisotopic (exact) mass is 263 g/mol. The van der Waals surface area contributed by atoms with Gasteiger partial charge in [0.15, 0.2) is 0 Å². The van der Waals surface area contributed by atoms with Crippen molar-refractivity contribution in [3.63, 3.8) is 0 Å². The maximum atomic E-state index is 10.8. The summed E-state index contributed by atoms with van der Waals surface area (Å²) in [6.07, 6.45) is 6.29. The van der Waals surface area contributed by atoms with Gasteiger partial charge in [-0.2, -0.15) is 0 Å². The molecule has 104 valence electrons. The molecule has 5 heteroatoms. The van der Waals surface area contributed by atoms with Crippen LogP contribution in [0.4, 0.5) is 11.4 Å². The normalized spacial score (nSPS) is 17.7. The second-order valence-electron chi connectivity index (χ2n) is 5.18. The van der Waals surface area contributed by atoms with Crippen molar-refractivity contribution in [1.82, 2.24) is 4.90 Å². The van der Waals surface area contributed by atoms with Crippen LogP contribution in [0, 0.1) is 10.1 Å². The minimum absolute atomic E-state index is 0.122. The van der Waals surface area contributed by atoms with Crippen molar-refractivity contribution >= 4 is 11.4 Å². The van der Waals surface area contributed by atoms with Gasteiger partial charge >= 0.3 is 0 Å². The summed E-state index contributed by atoms with van der Waals surface area (Å²) in [4.78, 5) is 12.8. The Kier molecular flexibility index (Phi) is 4.74. The van der Waals surface area contributed by atoms with E-state index in [-0.39, 0.29) is 10.6 Å². The Morgan fingerprint density at radius 1 is 1.16 bits per heavy atom. The van der Waals surface area contributed by atoms with Crippen molar-refractivity contribution in [2.75, 3.05) is 18.8 Å². The first-order valence-electron chi connectivity index (χ1n) is 6.92. The molecule has 0 unspecified atom stereocenters. The zero-order chi connectivity index (χ0) is 13.7. The van der Waals surface area contributed by atoms with Crippen molar-refractivity contribution in [1.29, 1.82) is 0 Å². The van der Waals surface area contributed by atoms with Crippen molar-refractivity contribution in [2.45, 2.75) is 38.6 Å². The third kappa shape index (κ3) is 3.92. The van der Waals surface area contributed by atoms with E-state index in [1.807, 2.05) is 0 Å². The third-order valence-electron chi connectivity index (χ3n) is 3.68. The lowest BCUT2D eigenvalue weighted by molar-refractivity contribution is -0.384. The van der Waals surface area contributed by atoms with Crippen LogP contribution in [0.2, 0.25) is 0 Å². The number of benzene rings is 1. The molecule has 1 aliphatic heterocycles. The highest BCUT2D eigenvalue weighted by molar-refractivity contribution is 5.52. The summed E-state index contributed by atoms with van der Waals surface area (Å²) in [5.74, 6) is 0. The Morgan fingerprint density at radius 3 is 2.42 bits per heavy atom. The molecule has 0 saturated carbocycles. The fraction of sp³-hybridized carbons (Fsp3) is 0.571. The number of hydrogen-bond donors (Lipinski definition) is 1. The maximum Gasteiger partial charge on any atom is 0.269 e. The average Bonchev–Trinajstić information content (AvgIpc) is 2.34. The average molecular weight is 263 g/mol. The van der Waals surface area contributed by atoms with Crippen LogP contribution in [0.1, 0.15) is 37.7 Å². The van der Waals surface area contributed by atoms with Gasteiger partial charge < -0.3 is 5.73 Å². The van der Waals surface area contributed by atoms with Crippen LogP contribution in [0.3, 0.4) is 0 Å². The van der Waals surface area contributed by atoms with Crippen LogP contribution in [-0.4, -0.2) is 22.9 Å². The van der Waals surface area contributed by atoms with Crippen LogP contribution in [0.25, 0.3) is 0 Å². The second-order valence-corrected chi connectivity index (χ2v) is 5.18. The van der Waals surface area contributed by atoms with E-state index in [1.54, 1.807) is 12.1 Å². The third-order valence-corrected chi connectivity index (χ3v) is 3.68. The minimum atomic E-state index is -0.365. The molecule has 19 heavy (non-hydrogen) atoms. The molecule has 0 bridgehead atoms. The van der Waals surface area contributed by atoms with Gasteiger partial charge in [0.2, 0.25) is 0 Å². The van der Waals surface area contributed by atoms with Gasteiger partial charge in [-0.05, 0) is 37.6 Å². The summed E-state index contributed by atoms with van der Waals surface area (Å²) >= 11 is 0. The summed E-state index contributed by atoms with van der Waals surface area (Å²) in [6.45, 7) is 2.83. The van der Waals surface area contributed by atoms with Crippen molar-refractivity contribution < 1.29 is 4.92 Å². The molecule has 0 aliphatic carbocycles. The van der Waals surface area contributed by atoms with Gasteiger partial charge in [0, 0.05) is 24.4 Å². The van der Waals surface area contributed by atoms with Gasteiger partial charge in [0.1, 0.15) is 0 Å². The Bertz CT molecular complexity index is 440. The molecule has 2 N–H and O–H groups in total. The van der Waals surface area contributed by atoms with E-state index in [9.17, 15) is 10.1 Å². The molecule has 0 spiro atoms. The number of non-ortho nitro benzene ring substituents is 1. The number of rotatable bonds is 3. The smallest absolute Gasteiger partial charge is 0.269 e. The van der Waals surface area contributed by atoms with E-state index in [2.05, 4.69) is 4.90 Å². The molecular formula is C14H21N3O2. The molecule has 5 nitrogen and oxygen atoms in total. The molecular weight excluding hydrogens is 242 g/mol. The van der Waals surface area contributed by atoms with Gasteiger partial charge in [0.25, 0.3) is 5.69 Å². The first-order valence-corrected chi connectivity index (χ1v) is 6.92. The molecule has 1 fully saturated rings. The maximum absolute atomic E-state index is 10.8. The Labute approximate surface area is 113 Å². The summed E-state index contributed by atoms with van der Waals surface area (Å²) in [6, 6.07) is 4.71. The number of nitrogens with two attached hydrogens (primary N) is 1. The van der Waals surface area contributed by atoms with Crippen LogP contribution < -0.4 is 5.73 Å². The van der Waals surface area contributed by atoms with Gasteiger partial charge in [-0.25, -0.2) is 0 Å². The van der Waals surface area contributed by atoms with E-state index in [4.69, 9.17) is 5.73 Å². The Balaban J connectivity index is 2.07. The van der Waals surface area contributed by atoms with Gasteiger partial charge in [-0.15, -0.1) is 0 Å². The van der Waals surface area contributed by atoms with Crippen molar-refractivity contribution in [2.24, 2.45) is 0 Å². The van der Waals surface area contributed by atoms with Gasteiger partial charge in [-0.1, -0.05) is 19.3 Å². The summed E-state index contributed by atoms with van der Waals surface area (Å²) in [5.41, 5.74) is 7.57. The molecule has 0 radical (unpaired) electrons. The predicted octanol–water partition coefficient (Wildman–Crippen LogP) is 2.94. The fourth-order valence-corrected chi connectivity index (χ4v) is 2.55. The van der Waals surface area contributed by atoms with Crippen LogP contribution >= 0.6 is 0 Å². The largest absolute Gasteiger partial charge is 0.398 e. The molecule has 1 saturated heterocycles. The molecule has 1 aliphatic rings. The minimum Gasteiger partial charge on any atom is -0.398 e. The van der Waals surface area contributed by atoms with E-state index < -0.39 is 0 Å². The number of anilines is 1. The predicted molar refractivity (Wildman–Crippen MR) is 75.9 cm³/mol. The number of nitrogens with zero attached hydrogens (tertiary/aromatic N) is 2. The fourth-order valence-electron chi connectivity index (χ4n) is 2.55. The standard InChI is InChI=1S/C14H21N3O2/c15-14-7-6-13(17(18)19)10-12(14)11-16-8-4-2-1-3-5-9-16/h6-7,10H,1-5,8-9,11,15H2. The number of nitrogen functional groups attached to an aromatic ring is 1. The van der Waals surface area contributed by atoms with Gasteiger partial charge in [0.05, 0.1) is 4.92 Å². The molecule has 0 atom stereocenters. The number of nitro groups is 1. The van der Waals surface area contributed by atoms with Crippen LogP contribution in [0.5, 0.6) is 0 Å². The highest BCUT2D eigenvalue weighted by atomic mass is 16.6. The van der Waals surface area contributed by atoms with Crippen molar-refractivity contribution in [3.8, 4) is 0 Å². The zero-order valence-corrected chi connectivity index (χ0v) is 11.2. The first kappa shape index (κ1) is 13.8. The van der Waals surface area contributed by atoms with Gasteiger partial charge in [-0.3, -0.25) is 15.0 Å². The second kappa shape index (κ2) is 6.52. The summed E-state index contributed by atoms with van der Waals surface area (Å²) < 4.78 is 0. The van der Waals surface area contributed by atoms with E-state index in [0.29, 0.717) is 12.2 Å². The van der Waals surface area contributed by atoms with Crippen LogP contribution in [0.15, 0.2) is 18.2 Å². The molecule has 1 heterocycles. The SMILES string of the molecule is Nc1ccc([N+](=O)[O-])cc1CN1CCCCCCC1. The molecule has 0 aromatic heterocycles. The van der Waals surface area contributed by atoms with Crippen molar-refractivity contribution in [3.05, 3.63) is 33.9 Å². The summed E-state index contributed by atoms with van der Waals surface area (Å²) in [5, 5.41) is 10.8. The van der Waals surface area contributed by atoms with E-state index >= 15 is 0 Å². The highest BCUT2D eigenvalue weighted by Gasteiger charge is 2.13. The quantitative estimate of drug-likeness (QED) is 0.517. The lowest BCUT2D eigenvalue weighted by atomic mass is 10.1. The molecule has 1 aromatic rings. The summed E-state index contributed by atoms with van der Waals surface area (Å²) in [7, 11) is 0. The highest BCUT2D eigenvalue weighted by Crippen LogP contribution is 2.22. The van der Waals surface area contributed by atoms with E-state index in [0.717, 1.165) is 18.7 Å². The molecule has 2 rings (SSSR count). The first-order chi connectivity index (χ1) is 9.16. The Morgan fingerprint density at radius 2 is 1.79 bits per heavy atom. The van der Waals surface area contributed by atoms with E-state index in [1.165, 1.54) is 38.2 Å². The molecule has 1 aromatic carbocycles.